The molecule has 2 amide bonds. The smallest absolute Gasteiger partial charge is 0.298 e. The fraction of sp³-hybridized carbons (Fsp3) is 0.111. The molecule has 0 unspecified atom stereocenters. The predicted molar refractivity (Wildman–Crippen MR) is 95.6 cm³/mol. The van der Waals surface area contributed by atoms with Gasteiger partial charge in [0.25, 0.3) is 11.1 Å². The van der Waals surface area contributed by atoms with Crippen molar-refractivity contribution < 1.29 is 14.0 Å². The third-order valence-electron chi connectivity index (χ3n) is 3.59. The highest BCUT2D eigenvalue weighted by Crippen LogP contribution is 2.35. The summed E-state index contributed by atoms with van der Waals surface area (Å²) in [6, 6.07) is 12.9. The van der Waals surface area contributed by atoms with Gasteiger partial charge in [-0.1, -0.05) is 12.1 Å². The number of carbonyl (C=O) groups excluding carboxylic acids is 2. The molecular formula is C18H15FN2O2S. The van der Waals surface area contributed by atoms with Gasteiger partial charge in [-0.15, -0.1) is 0 Å². The number of benzene rings is 2. The second kappa shape index (κ2) is 6.49. The minimum atomic E-state index is -0.415. The first-order valence-electron chi connectivity index (χ1n) is 7.26. The Hall–Kier alpha value is -2.60. The van der Waals surface area contributed by atoms with Crippen LogP contribution in [0.15, 0.2) is 53.4 Å². The molecule has 0 aliphatic carbocycles. The lowest BCUT2D eigenvalue weighted by molar-refractivity contribution is -0.113. The summed E-state index contributed by atoms with van der Waals surface area (Å²) < 4.78 is 13.0. The van der Waals surface area contributed by atoms with Crippen LogP contribution in [0.2, 0.25) is 0 Å². The second-order valence-electron chi connectivity index (χ2n) is 5.48. The highest BCUT2D eigenvalue weighted by Gasteiger charge is 2.36. The van der Waals surface area contributed by atoms with Gasteiger partial charge in [-0.3, -0.25) is 9.59 Å². The Morgan fingerprint density at radius 3 is 2.21 bits per heavy atom. The summed E-state index contributed by atoms with van der Waals surface area (Å²) in [5, 5.41) is -0.386. The van der Waals surface area contributed by atoms with Crippen molar-refractivity contribution in [2.45, 2.75) is 0 Å². The molecule has 0 aromatic heterocycles. The first kappa shape index (κ1) is 16.3. The first-order valence-corrected chi connectivity index (χ1v) is 8.08. The molecule has 6 heteroatoms. The van der Waals surface area contributed by atoms with Crippen molar-refractivity contribution in [1.82, 2.24) is 0 Å². The number of carbonyl (C=O) groups is 2. The van der Waals surface area contributed by atoms with Gasteiger partial charge in [-0.25, -0.2) is 9.29 Å². The monoisotopic (exact) mass is 342 g/mol. The minimum absolute atomic E-state index is 0.349. The SMILES string of the molecule is CN(C)c1ccc(/C=C2\SC(=O)N(c3ccc(F)cc3)C2=O)cc1. The molecule has 1 aliphatic rings. The van der Waals surface area contributed by atoms with Gasteiger partial charge >= 0.3 is 0 Å². The van der Waals surface area contributed by atoms with Gasteiger partial charge in [0.1, 0.15) is 5.82 Å². The van der Waals surface area contributed by atoms with Gasteiger partial charge in [-0.2, -0.15) is 0 Å². The maximum Gasteiger partial charge on any atom is 0.298 e. The van der Waals surface area contributed by atoms with E-state index in [-0.39, 0.29) is 5.24 Å². The summed E-state index contributed by atoms with van der Waals surface area (Å²) in [5.41, 5.74) is 2.25. The van der Waals surface area contributed by atoms with Gasteiger partial charge < -0.3 is 4.90 Å². The zero-order valence-electron chi connectivity index (χ0n) is 13.2. The van der Waals surface area contributed by atoms with Gasteiger partial charge in [0.15, 0.2) is 0 Å². The van der Waals surface area contributed by atoms with E-state index in [4.69, 9.17) is 0 Å². The van der Waals surface area contributed by atoms with Gasteiger partial charge in [0.05, 0.1) is 10.6 Å². The van der Waals surface area contributed by atoms with E-state index in [1.165, 1.54) is 24.3 Å². The summed E-state index contributed by atoms with van der Waals surface area (Å²) in [6.07, 6.45) is 1.69. The molecule has 24 heavy (non-hydrogen) atoms. The highest BCUT2D eigenvalue weighted by molar-refractivity contribution is 8.19. The quantitative estimate of drug-likeness (QED) is 0.787. The van der Waals surface area contributed by atoms with E-state index in [1.54, 1.807) is 6.08 Å². The minimum Gasteiger partial charge on any atom is -0.378 e. The Labute approximate surface area is 143 Å². The van der Waals surface area contributed by atoms with Crippen molar-refractivity contribution in [2.24, 2.45) is 0 Å². The fourth-order valence-corrected chi connectivity index (χ4v) is 3.14. The number of anilines is 2. The van der Waals surface area contributed by atoms with Crippen LogP contribution in [0.3, 0.4) is 0 Å². The van der Waals surface area contributed by atoms with Crippen LogP contribution < -0.4 is 9.80 Å². The number of thioether (sulfide) groups is 1. The first-order chi connectivity index (χ1) is 11.5. The molecule has 0 atom stereocenters. The maximum atomic E-state index is 13.0. The van der Waals surface area contributed by atoms with E-state index in [9.17, 15) is 14.0 Å². The fourth-order valence-electron chi connectivity index (χ4n) is 2.30. The number of imide groups is 1. The van der Waals surface area contributed by atoms with Crippen LogP contribution in [0.25, 0.3) is 6.08 Å². The van der Waals surface area contributed by atoms with Crippen LogP contribution in [0, 0.1) is 5.82 Å². The molecular weight excluding hydrogens is 327 g/mol. The van der Waals surface area contributed by atoms with Crippen molar-refractivity contribution >= 4 is 40.4 Å². The number of rotatable bonds is 3. The maximum absolute atomic E-state index is 13.0. The molecule has 0 spiro atoms. The highest BCUT2D eigenvalue weighted by atomic mass is 32.2. The van der Waals surface area contributed by atoms with Crippen LogP contribution in [-0.4, -0.2) is 25.2 Å². The Morgan fingerprint density at radius 2 is 1.62 bits per heavy atom. The van der Waals surface area contributed by atoms with Crippen molar-refractivity contribution in [3.8, 4) is 0 Å². The molecule has 1 saturated heterocycles. The third kappa shape index (κ3) is 3.19. The zero-order valence-corrected chi connectivity index (χ0v) is 14.0. The zero-order chi connectivity index (χ0) is 17.3. The van der Waals surface area contributed by atoms with E-state index in [2.05, 4.69) is 0 Å². The van der Waals surface area contributed by atoms with Crippen molar-refractivity contribution in [1.29, 1.82) is 0 Å². The third-order valence-corrected chi connectivity index (χ3v) is 4.46. The lowest BCUT2D eigenvalue weighted by Crippen LogP contribution is -2.27. The van der Waals surface area contributed by atoms with Gasteiger partial charge in [-0.05, 0) is 59.8 Å². The van der Waals surface area contributed by atoms with E-state index in [1.807, 2.05) is 43.3 Å². The molecule has 4 nitrogen and oxygen atoms in total. The summed E-state index contributed by atoms with van der Waals surface area (Å²) in [7, 11) is 3.89. The van der Waals surface area contributed by atoms with E-state index >= 15 is 0 Å². The molecule has 1 heterocycles. The summed E-state index contributed by atoms with van der Waals surface area (Å²) in [4.78, 5) is 28.0. The van der Waals surface area contributed by atoms with Gasteiger partial charge in [0.2, 0.25) is 0 Å². The molecule has 2 aromatic carbocycles. The van der Waals surface area contributed by atoms with E-state index < -0.39 is 11.7 Å². The Kier molecular flexibility index (Phi) is 4.40. The number of nitrogens with zero attached hydrogens (tertiary/aromatic N) is 2. The van der Waals surface area contributed by atoms with Crippen LogP contribution in [-0.2, 0) is 4.79 Å². The lowest BCUT2D eigenvalue weighted by atomic mass is 10.2. The molecule has 0 radical (unpaired) electrons. The Bertz CT molecular complexity index is 814. The summed E-state index contributed by atoms with van der Waals surface area (Å²) >= 11 is 0.881. The van der Waals surface area contributed by atoms with Crippen LogP contribution >= 0.6 is 11.8 Å². The second-order valence-corrected chi connectivity index (χ2v) is 6.47. The molecule has 3 rings (SSSR count). The van der Waals surface area contributed by atoms with E-state index in [0.29, 0.717) is 10.6 Å². The molecule has 0 N–H and O–H groups in total. The van der Waals surface area contributed by atoms with Crippen molar-refractivity contribution in [3.05, 3.63) is 64.8 Å². The molecule has 1 aliphatic heterocycles. The average molecular weight is 342 g/mol. The molecule has 1 fully saturated rings. The molecule has 122 valence electrons. The largest absolute Gasteiger partial charge is 0.378 e. The van der Waals surface area contributed by atoms with Crippen LogP contribution in [0.4, 0.5) is 20.6 Å². The standard InChI is InChI=1S/C18H15FN2O2S/c1-20(2)14-7-3-12(4-8-14)11-16-17(22)21(18(23)24-16)15-9-5-13(19)6-10-15/h3-11H,1-2H3/b16-11-. The summed E-state index contributed by atoms with van der Waals surface area (Å²) in [6.45, 7) is 0. The molecule has 0 bridgehead atoms. The predicted octanol–water partition coefficient (Wildman–Crippen LogP) is 4.13. The van der Waals surface area contributed by atoms with Crippen LogP contribution in [0.5, 0.6) is 0 Å². The normalized spacial score (nSPS) is 16.1. The molecule has 0 saturated carbocycles. The Balaban J connectivity index is 1.86. The summed E-state index contributed by atoms with van der Waals surface area (Å²) in [5.74, 6) is -0.810. The average Bonchev–Trinajstić information content (AvgIpc) is 2.83. The number of hydrogen-bond donors (Lipinski definition) is 0. The van der Waals surface area contributed by atoms with Gasteiger partial charge in [0, 0.05) is 19.8 Å². The van der Waals surface area contributed by atoms with E-state index in [0.717, 1.165) is 27.9 Å². The number of hydrogen-bond acceptors (Lipinski definition) is 4. The topological polar surface area (TPSA) is 40.6 Å². The Morgan fingerprint density at radius 1 is 1.00 bits per heavy atom. The van der Waals surface area contributed by atoms with Crippen molar-refractivity contribution in [2.75, 3.05) is 23.9 Å². The molecule has 2 aromatic rings. The number of amides is 2. The van der Waals surface area contributed by atoms with Crippen molar-refractivity contribution in [3.63, 3.8) is 0 Å². The lowest BCUT2D eigenvalue weighted by Gasteiger charge is -2.12. The number of halogens is 1. The van der Waals surface area contributed by atoms with Crippen LogP contribution in [0.1, 0.15) is 5.56 Å².